The lowest BCUT2D eigenvalue weighted by atomic mass is 10.0. The highest BCUT2D eigenvalue weighted by atomic mass is 19.1. The summed E-state index contributed by atoms with van der Waals surface area (Å²) in [5.74, 6) is -0.325. The van der Waals surface area contributed by atoms with Gasteiger partial charge in [-0.3, -0.25) is 14.9 Å². The number of aryl methyl sites for hydroxylation is 1. The number of ether oxygens (including phenoxy) is 3. The molecule has 0 aliphatic carbocycles. The summed E-state index contributed by atoms with van der Waals surface area (Å²) >= 11 is 0. The largest absolute Gasteiger partial charge is 0.493 e. The molecule has 0 aromatic heterocycles. The fourth-order valence-corrected chi connectivity index (χ4v) is 4.03. The third-order valence-corrected chi connectivity index (χ3v) is 6.21. The zero-order valence-corrected chi connectivity index (χ0v) is 22.9. The van der Waals surface area contributed by atoms with Gasteiger partial charge in [0.15, 0.2) is 11.5 Å². The van der Waals surface area contributed by atoms with E-state index in [2.05, 4.69) is 15.6 Å². The van der Waals surface area contributed by atoms with Gasteiger partial charge in [-0.15, -0.1) is 0 Å². The lowest BCUT2D eigenvalue weighted by molar-refractivity contribution is 0.0974. The predicted octanol–water partition coefficient (Wildman–Crippen LogP) is 5.46. The maximum atomic E-state index is 13.2. The molecule has 0 atom stereocenters. The summed E-state index contributed by atoms with van der Waals surface area (Å²) in [4.78, 5) is 30.0. The first-order chi connectivity index (χ1) is 19.7. The summed E-state index contributed by atoms with van der Waals surface area (Å²) in [5, 5.41) is 5.42. The number of hydrogen-bond acceptors (Lipinski definition) is 6. The summed E-state index contributed by atoms with van der Waals surface area (Å²) in [6.07, 6.45) is 0. The van der Waals surface area contributed by atoms with Crippen LogP contribution in [0, 0.1) is 12.7 Å². The normalized spacial score (nSPS) is 11.0. The second-order valence-corrected chi connectivity index (χ2v) is 8.90. The standard InChI is InChI=1S/C31H29FN4O5/c1-18-5-14-24(34-31(33)36-30(38)22-15-26(39-2)28(41-4)27(16-22)40-3)17-25(18)35-29(37)21-8-6-19(7-9-21)20-10-12-23(32)13-11-20/h5-17H,1-4H3,(H,35,37)(H3,33,34,36,38). The number of nitrogens with two attached hydrogens (primary N) is 1. The lowest BCUT2D eigenvalue weighted by Gasteiger charge is -2.14. The summed E-state index contributed by atoms with van der Waals surface area (Å²) in [6.45, 7) is 1.84. The van der Waals surface area contributed by atoms with Crippen molar-refractivity contribution in [3.05, 3.63) is 101 Å². The van der Waals surface area contributed by atoms with Gasteiger partial charge in [-0.05, 0) is 72.1 Å². The second kappa shape index (κ2) is 12.6. The first-order valence-corrected chi connectivity index (χ1v) is 12.5. The third-order valence-electron chi connectivity index (χ3n) is 6.21. The van der Waals surface area contributed by atoms with Crippen LogP contribution in [0.3, 0.4) is 0 Å². The number of guanidine groups is 1. The molecule has 0 bridgehead atoms. The fourth-order valence-electron chi connectivity index (χ4n) is 4.03. The zero-order chi connectivity index (χ0) is 29.5. The number of benzene rings is 4. The van der Waals surface area contributed by atoms with Crippen molar-refractivity contribution in [2.45, 2.75) is 6.92 Å². The van der Waals surface area contributed by atoms with E-state index >= 15 is 0 Å². The molecule has 0 saturated carbocycles. The first kappa shape index (κ1) is 28.6. The van der Waals surface area contributed by atoms with Crippen LogP contribution in [0.15, 0.2) is 83.9 Å². The predicted molar refractivity (Wildman–Crippen MR) is 156 cm³/mol. The van der Waals surface area contributed by atoms with Gasteiger partial charge in [-0.2, -0.15) is 0 Å². The number of anilines is 1. The maximum Gasteiger partial charge on any atom is 0.258 e. The number of aliphatic imine (C=N–C) groups is 1. The van der Waals surface area contributed by atoms with Gasteiger partial charge in [0.1, 0.15) is 5.82 Å². The van der Waals surface area contributed by atoms with Gasteiger partial charge in [-0.1, -0.05) is 30.3 Å². The molecule has 4 rings (SSSR count). The number of methoxy groups -OCH3 is 3. The molecular formula is C31H29FN4O5. The third kappa shape index (κ3) is 6.80. The fraction of sp³-hybridized carbons (Fsp3) is 0.129. The Bertz CT molecular complexity index is 1580. The smallest absolute Gasteiger partial charge is 0.258 e. The minimum atomic E-state index is -0.532. The van der Waals surface area contributed by atoms with E-state index < -0.39 is 5.91 Å². The van der Waals surface area contributed by atoms with Crippen molar-refractivity contribution < 1.29 is 28.2 Å². The molecule has 4 N–H and O–H groups in total. The minimum Gasteiger partial charge on any atom is -0.493 e. The minimum absolute atomic E-state index is 0.152. The molecule has 4 aromatic carbocycles. The number of nitrogens with one attached hydrogen (secondary N) is 2. The molecule has 0 spiro atoms. The van der Waals surface area contributed by atoms with Crippen LogP contribution in [0.5, 0.6) is 17.2 Å². The van der Waals surface area contributed by atoms with E-state index in [-0.39, 0.29) is 23.2 Å². The highest BCUT2D eigenvalue weighted by Gasteiger charge is 2.18. The van der Waals surface area contributed by atoms with E-state index in [0.29, 0.717) is 34.2 Å². The van der Waals surface area contributed by atoms with E-state index in [1.54, 1.807) is 54.6 Å². The Hall–Kier alpha value is -5.38. The molecule has 0 aliphatic heterocycles. The van der Waals surface area contributed by atoms with Crippen molar-refractivity contribution in [2.75, 3.05) is 26.6 Å². The average Bonchev–Trinajstić information content (AvgIpc) is 2.98. The van der Waals surface area contributed by atoms with Gasteiger partial charge >= 0.3 is 0 Å². The number of nitrogens with zero attached hydrogens (tertiary/aromatic N) is 1. The number of halogens is 1. The molecule has 10 heteroatoms. The second-order valence-electron chi connectivity index (χ2n) is 8.90. The van der Waals surface area contributed by atoms with Crippen molar-refractivity contribution in [3.8, 4) is 28.4 Å². The van der Waals surface area contributed by atoms with Gasteiger partial charge in [0.05, 0.1) is 27.0 Å². The van der Waals surface area contributed by atoms with Crippen LogP contribution in [0.2, 0.25) is 0 Å². The summed E-state index contributed by atoms with van der Waals surface area (Å²) in [7, 11) is 4.37. The number of amides is 2. The van der Waals surface area contributed by atoms with E-state index in [4.69, 9.17) is 19.9 Å². The van der Waals surface area contributed by atoms with Crippen molar-refractivity contribution in [2.24, 2.45) is 10.7 Å². The molecule has 0 saturated heterocycles. The number of hydrogen-bond donors (Lipinski definition) is 3. The Morgan fingerprint density at radius 3 is 1.90 bits per heavy atom. The molecule has 0 aliphatic rings. The van der Waals surface area contributed by atoms with Crippen LogP contribution < -0.4 is 30.6 Å². The van der Waals surface area contributed by atoms with Crippen molar-refractivity contribution >= 4 is 29.1 Å². The van der Waals surface area contributed by atoms with E-state index in [9.17, 15) is 14.0 Å². The van der Waals surface area contributed by atoms with Crippen LogP contribution >= 0.6 is 0 Å². The Morgan fingerprint density at radius 1 is 0.756 bits per heavy atom. The Balaban J connectivity index is 1.47. The SMILES string of the molecule is COc1cc(C(=O)NC(N)=Nc2ccc(C)c(NC(=O)c3ccc(-c4ccc(F)cc4)cc3)c2)cc(OC)c1OC. The van der Waals surface area contributed by atoms with Gasteiger partial charge in [0.25, 0.3) is 11.8 Å². The van der Waals surface area contributed by atoms with Gasteiger partial charge < -0.3 is 25.3 Å². The van der Waals surface area contributed by atoms with Crippen molar-refractivity contribution in [1.29, 1.82) is 0 Å². The number of carbonyl (C=O) groups is 2. The lowest BCUT2D eigenvalue weighted by Crippen LogP contribution is -2.36. The molecule has 0 radical (unpaired) electrons. The molecule has 41 heavy (non-hydrogen) atoms. The van der Waals surface area contributed by atoms with E-state index in [0.717, 1.165) is 16.7 Å². The van der Waals surface area contributed by atoms with Crippen LogP contribution in [0.4, 0.5) is 15.8 Å². The molecule has 0 unspecified atom stereocenters. The number of carbonyl (C=O) groups excluding carboxylic acids is 2. The van der Waals surface area contributed by atoms with Gasteiger partial charge in [0.2, 0.25) is 11.7 Å². The first-order valence-electron chi connectivity index (χ1n) is 12.5. The van der Waals surface area contributed by atoms with Crippen molar-refractivity contribution in [1.82, 2.24) is 5.32 Å². The molecule has 0 heterocycles. The Morgan fingerprint density at radius 2 is 1.34 bits per heavy atom. The Labute approximate surface area is 236 Å². The molecule has 0 fully saturated rings. The highest BCUT2D eigenvalue weighted by Crippen LogP contribution is 2.38. The molecule has 9 nitrogen and oxygen atoms in total. The van der Waals surface area contributed by atoms with Crippen LogP contribution in [-0.2, 0) is 0 Å². The summed E-state index contributed by atoms with van der Waals surface area (Å²) in [6, 6.07) is 21.3. The van der Waals surface area contributed by atoms with E-state index in [1.165, 1.54) is 45.6 Å². The molecule has 4 aromatic rings. The number of rotatable bonds is 8. The highest BCUT2D eigenvalue weighted by molar-refractivity contribution is 6.07. The van der Waals surface area contributed by atoms with Crippen LogP contribution in [0.25, 0.3) is 11.1 Å². The van der Waals surface area contributed by atoms with Gasteiger partial charge in [0, 0.05) is 16.8 Å². The maximum absolute atomic E-state index is 13.2. The van der Waals surface area contributed by atoms with Crippen LogP contribution in [0.1, 0.15) is 26.3 Å². The van der Waals surface area contributed by atoms with Crippen molar-refractivity contribution in [3.63, 3.8) is 0 Å². The topological polar surface area (TPSA) is 124 Å². The van der Waals surface area contributed by atoms with Crippen LogP contribution in [-0.4, -0.2) is 39.1 Å². The quantitative estimate of drug-likeness (QED) is 0.196. The molecular weight excluding hydrogens is 527 g/mol. The molecule has 2 amide bonds. The summed E-state index contributed by atoms with van der Waals surface area (Å²) in [5.41, 5.74) is 10.1. The Kier molecular flexibility index (Phi) is 8.83. The van der Waals surface area contributed by atoms with Gasteiger partial charge in [-0.25, -0.2) is 9.38 Å². The van der Waals surface area contributed by atoms with E-state index in [1.807, 2.05) is 6.92 Å². The molecule has 210 valence electrons. The monoisotopic (exact) mass is 556 g/mol. The average molecular weight is 557 g/mol. The summed E-state index contributed by atoms with van der Waals surface area (Å²) < 4.78 is 29.1. The zero-order valence-electron chi connectivity index (χ0n) is 22.9.